The number of carbonyl (C=O) groups excluding carboxylic acids is 1. The van der Waals surface area contributed by atoms with Crippen LogP contribution in [0.1, 0.15) is 13.8 Å². The zero-order valence-corrected chi connectivity index (χ0v) is 16.9. The van der Waals surface area contributed by atoms with Crippen molar-refractivity contribution in [3.63, 3.8) is 0 Å². The molecular weight excluding hydrogens is 399 g/mol. The van der Waals surface area contributed by atoms with E-state index in [1.54, 1.807) is 26.0 Å². The van der Waals surface area contributed by atoms with Crippen LogP contribution in [0.2, 0.25) is 0 Å². The van der Waals surface area contributed by atoms with Gasteiger partial charge in [-0.15, -0.1) is 0 Å². The molecule has 0 radical (unpaired) electrons. The maximum absolute atomic E-state index is 13.9. The molecule has 2 atom stereocenters. The molecule has 0 spiro atoms. The predicted octanol–water partition coefficient (Wildman–Crippen LogP) is 2.08. The van der Waals surface area contributed by atoms with E-state index in [9.17, 15) is 17.6 Å². The summed E-state index contributed by atoms with van der Waals surface area (Å²) in [6.45, 7) is 3.79. The highest BCUT2D eigenvalue weighted by atomic mass is 32.2. The molecule has 0 fully saturated rings. The number of halogens is 1. The Labute approximate surface area is 169 Å². The summed E-state index contributed by atoms with van der Waals surface area (Å²) in [6.07, 6.45) is -0.412. The lowest BCUT2D eigenvalue weighted by Crippen LogP contribution is -2.52. The average Bonchev–Trinajstić information content (AvgIpc) is 2.70. The Kier molecular flexibility index (Phi) is 6.39. The van der Waals surface area contributed by atoms with E-state index in [4.69, 9.17) is 9.47 Å². The molecule has 1 aliphatic heterocycles. The minimum Gasteiger partial charge on any atom is -0.486 e. The van der Waals surface area contributed by atoms with Crippen LogP contribution in [0, 0.1) is 11.7 Å². The SMILES string of the molecule is CC(C)[C@H](NS(=O)(=O)c1ccccc1F)C(=O)NC[C@H]1COc2ccccc2O1. The molecular formula is C20H23FN2O5S. The smallest absolute Gasteiger partial charge is 0.244 e. The second-order valence-electron chi connectivity index (χ2n) is 7.02. The third-order valence-corrected chi connectivity index (χ3v) is 5.90. The highest BCUT2D eigenvalue weighted by Crippen LogP contribution is 2.30. The number of fused-ring (bicyclic) bond motifs is 1. The molecule has 156 valence electrons. The molecule has 0 bridgehead atoms. The Hall–Kier alpha value is -2.65. The van der Waals surface area contributed by atoms with Gasteiger partial charge in [0, 0.05) is 0 Å². The van der Waals surface area contributed by atoms with Gasteiger partial charge >= 0.3 is 0 Å². The van der Waals surface area contributed by atoms with Crippen molar-refractivity contribution in [3.8, 4) is 11.5 Å². The molecule has 9 heteroatoms. The first-order valence-electron chi connectivity index (χ1n) is 9.21. The van der Waals surface area contributed by atoms with E-state index >= 15 is 0 Å². The van der Waals surface area contributed by atoms with E-state index in [-0.39, 0.29) is 19.1 Å². The summed E-state index contributed by atoms with van der Waals surface area (Å²) in [5.74, 6) is -0.552. The lowest BCUT2D eigenvalue weighted by Gasteiger charge is -2.28. The van der Waals surface area contributed by atoms with Gasteiger partial charge in [0.1, 0.15) is 29.5 Å². The molecule has 2 N–H and O–H groups in total. The molecule has 29 heavy (non-hydrogen) atoms. The van der Waals surface area contributed by atoms with Crippen LogP contribution >= 0.6 is 0 Å². The van der Waals surface area contributed by atoms with Crippen molar-refractivity contribution in [2.75, 3.05) is 13.2 Å². The number of carbonyl (C=O) groups is 1. The molecule has 2 aromatic rings. The number of rotatable bonds is 7. The first-order valence-corrected chi connectivity index (χ1v) is 10.7. The van der Waals surface area contributed by atoms with Crippen LogP contribution in [-0.2, 0) is 14.8 Å². The highest BCUT2D eigenvalue weighted by Gasteiger charge is 2.30. The summed E-state index contributed by atoms with van der Waals surface area (Å²) in [6, 6.07) is 11.1. The summed E-state index contributed by atoms with van der Waals surface area (Å²) in [4.78, 5) is 12.1. The molecule has 1 heterocycles. The van der Waals surface area contributed by atoms with Crippen LogP contribution in [0.5, 0.6) is 11.5 Å². The Balaban J connectivity index is 1.64. The van der Waals surface area contributed by atoms with Gasteiger partial charge in [-0.25, -0.2) is 12.8 Å². The third-order valence-electron chi connectivity index (χ3n) is 4.43. The maximum Gasteiger partial charge on any atom is 0.244 e. The summed E-state index contributed by atoms with van der Waals surface area (Å²) < 4.78 is 52.7. The minimum atomic E-state index is -4.21. The van der Waals surface area contributed by atoms with E-state index in [1.807, 2.05) is 12.1 Å². The van der Waals surface area contributed by atoms with Crippen LogP contribution in [0.4, 0.5) is 4.39 Å². The second kappa shape index (κ2) is 8.79. The molecule has 0 saturated heterocycles. The van der Waals surface area contributed by atoms with Crippen molar-refractivity contribution in [1.29, 1.82) is 0 Å². The highest BCUT2D eigenvalue weighted by molar-refractivity contribution is 7.89. The van der Waals surface area contributed by atoms with Gasteiger partial charge in [-0.2, -0.15) is 4.72 Å². The van der Waals surface area contributed by atoms with Crippen molar-refractivity contribution >= 4 is 15.9 Å². The fourth-order valence-electron chi connectivity index (χ4n) is 2.87. The number of benzene rings is 2. The van der Waals surface area contributed by atoms with E-state index in [0.717, 1.165) is 12.1 Å². The fourth-order valence-corrected chi connectivity index (χ4v) is 4.30. The number of hydrogen-bond donors (Lipinski definition) is 2. The Morgan fingerprint density at radius 3 is 2.48 bits per heavy atom. The molecule has 3 rings (SSSR count). The Morgan fingerprint density at radius 1 is 1.14 bits per heavy atom. The number of para-hydroxylation sites is 2. The van der Waals surface area contributed by atoms with Gasteiger partial charge in [0.15, 0.2) is 11.5 Å². The van der Waals surface area contributed by atoms with E-state index < -0.39 is 38.8 Å². The van der Waals surface area contributed by atoms with Crippen molar-refractivity contribution in [2.24, 2.45) is 5.92 Å². The van der Waals surface area contributed by atoms with E-state index in [0.29, 0.717) is 11.5 Å². The number of nitrogens with one attached hydrogen (secondary N) is 2. The van der Waals surface area contributed by atoms with Gasteiger partial charge < -0.3 is 14.8 Å². The number of hydrogen-bond acceptors (Lipinski definition) is 5. The number of sulfonamides is 1. The van der Waals surface area contributed by atoms with Gasteiger partial charge in [0.25, 0.3) is 0 Å². The van der Waals surface area contributed by atoms with E-state index in [1.165, 1.54) is 12.1 Å². The lowest BCUT2D eigenvalue weighted by atomic mass is 10.1. The largest absolute Gasteiger partial charge is 0.486 e. The van der Waals surface area contributed by atoms with Gasteiger partial charge in [0.2, 0.25) is 15.9 Å². The topological polar surface area (TPSA) is 93.7 Å². The zero-order chi connectivity index (χ0) is 21.0. The van der Waals surface area contributed by atoms with Crippen LogP contribution in [0.25, 0.3) is 0 Å². The van der Waals surface area contributed by atoms with Gasteiger partial charge in [-0.05, 0) is 30.2 Å². The average molecular weight is 422 g/mol. The normalized spacial score (nSPS) is 17.0. The maximum atomic E-state index is 13.9. The van der Waals surface area contributed by atoms with Crippen molar-refractivity contribution < 1.29 is 27.1 Å². The Bertz CT molecular complexity index is 980. The number of amides is 1. The quantitative estimate of drug-likeness (QED) is 0.713. The van der Waals surface area contributed by atoms with Crippen molar-refractivity contribution in [3.05, 3.63) is 54.3 Å². The standard InChI is InChI=1S/C20H23FN2O5S/c1-13(2)19(23-29(25,26)18-10-6-3-7-15(18)21)20(24)22-11-14-12-27-16-8-4-5-9-17(16)28-14/h3-10,13-14,19,23H,11-12H2,1-2H3,(H,22,24)/t14-,19-/m0/s1. The third kappa shape index (κ3) is 5.04. The van der Waals surface area contributed by atoms with Gasteiger partial charge in [-0.1, -0.05) is 38.1 Å². The minimum absolute atomic E-state index is 0.137. The molecule has 1 amide bonds. The molecule has 0 aromatic heterocycles. The molecule has 7 nitrogen and oxygen atoms in total. The first-order chi connectivity index (χ1) is 13.8. The summed E-state index contributed by atoms with van der Waals surface area (Å²) >= 11 is 0. The Morgan fingerprint density at radius 2 is 1.79 bits per heavy atom. The predicted molar refractivity (Wildman–Crippen MR) is 105 cm³/mol. The van der Waals surface area contributed by atoms with Gasteiger partial charge in [-0.3, -0.25) is 4.79 Å². The fraction of sp³-hybridized carbons (Fsp3) is 0.350. The zero-order valence-electron chi connectivity index (χ0n) is 16.1. The first kappa shape index (κ1) is 21.1. The molecule has 1 aliphatic rings. The monoisotopic (exact) mass is 422 g/mol. The molecule has 0 aliphatic carbocycles. The molecule has 2 aromatic carbocycles. The van der Waals surface area contributed by atoms with Crippen LogP contribution < -0.4 is 19.5 Å². The summed E-state index contributed by atoms with van der Waals surface area (Å²) in [5.41, 5.74) is 0. The van der Waals surface area contributed by atoms with Crippen LogP contribution in [0.15, 0.2) is 53.4 Å². The summed E-state index contributed by atoms with van der Waals surface area (Å²) in [7, 11) is -4.21. The van der Waals surface area contributed by atoms with Gasteiger partial charge in [0.05, 0.1) is 6.54 Å². The molecule has 0 unspecified atom stereocenters. The second-order valence-corrected chi connectivity index (χ2v) is 8.70. The lowest BCUT2D eigenvalue weighted by molar-refractivity contribution is -0.124. The molecule has 0 saturated carbocycles. The number of ether oxygens (including phenoxy) is 2. The van der Waals surface area contributed by atoms with Crippen LogP contribution in [-0.4, -0.2) is 39.6 Å². The van der Waals surface area contributed by atoms with Crippen molar-refractivity contribution in [2.45, 2.75) is 30.9 Å². The summed E-state index contributed by atoms with van der Waals surface area (Å²) in [5, 5.41) is 2.69. The van der Waals surface area contributed by atoms with E-state index in [2.05, 4.69) is 10.0 Å². The van der Waals surface area contributed by atoms with Crippen LogP contribution in [0.3, 0.4) is 0 Å². The van der Waals surface area contributed by atoms with Crippen molar-refractivity contribution in [1.82, 2.24) is 10.0 Å².